The maximum atomic E-state index is 12.9. The van der Waals surface area contributed by atoms with Gasteiger partial charge < -0.3 is 19.3 Å². The number of carbonyl (C=O) groups excluding carboxylic acids is 2. The van der Waals surface area contributed by atoms with Gasteiger partial charge in [-0.3, -0.25) is 9.69 Å². The average molecular weight is 471 g/mol. The number of benzene rings is 2. The van der Waals surface area contributed by atoms with Gasteiger partial charge in [0.15, 0.2) is 16.7 Å². The van der Waals surface area contributed by atoms with Crippen molar-refractivity contribution in [2.75, 3.05) is 20.3 Å². The SMILES string of the molecule is CCOC(=O)Oc1ccc(/C=C2/SC(=Nc3ccc(C(=O)O)cc3)N(CC)C2=O)cc1OC. The third-order valence-corrected chi connectivity index (χ3v) is 5.49. The molecule has 172 valence electrons. The summed E-state index contributed by atoms with van der Waals surface area (Å²) in [5, 5.41) is 9.52. The number of thioether (sulfide) groups is 1. The molecule has 0 saturated carbocycles. The zero-order valence-corrected chi connectivity index (χ0v) is 19.0. The maximum absolute atomic E-state index is 12.9. The third-order valence-electron chi connectivity index (χ3n) is 4.48. The van der Waals surface area contributed by atoms with Crippen molar-refractivity contribution >= 4 is 46.7 Å². The van der Waals surface area contributed by atoms with E-state index in [4.69, 9.17) is 19.3 Å². The molecule has 2 aromatic rings. The molecule has 0 aromatic heterocycles. The fourth-order valence-corrected chi connectivity index (χ4v) is 3.97. The first-order chi connectivity index (χ1) is 15.9. The zero-order valence-electron chi connectivity index (χ0n) is 18.2. The number of likely N-dealkylation sites (N-methyl/N-ethyl adjacent to an activating group) is 1. The second-order valence-corrected chi connectivity index (χ2v) is 7.61. The molecule has 1 amide bonds. The fraction of sp³-hybridized carbons (Fsp3) is 0.217. The van der Waals surface area contributed by atoms with Crippen LogP contribution < -0.4 is 9.47 Å². The lowest BCUT2D eigenvalue weighted by Crippen LogP contribution is -2.28. The Kier molecular flexibility index (Phi) is 7.73. The predicted octanol–water partition coefficient (Wildman–Crippen LogP) is 4.55. The molecule has 1 fully saturated rings. The largest absolute Gasteiger partial charge is 0.513 e. The molecule has 1 saturated heterocycles. The van der Waals surface area contributed by atoms with E-state index in [2.05, 4.69) is 4.99 Å². The average Bonchev–Trinajstić information content (AvgIpc) is 3.08. The highest BCUT2D eigenvalue weighted by atomic mass is 32.2. The minimum Gasteiger partial charge on any atom is -0.493 e. The van der Waals surface area contributed by atoms with Gasteiger partial charge in [-0.25, -0.2) is 14.6 Å². The first-order valence-corrected chi connectivity index (χ1v) is 10.8. The van der Waals surface area contributed by atoms with Crippen LogP contribution in [0, 0.1) is 0 Å². The molecular weight excluding hydrogens is 448 g/mol. The molecule has 10 heteroatoms. The summed E-state index contributed by atoms with van der Waals surface area (Å²) in [5.41, 5.74) is 1.37. The summed E-state index contributed by atoms with van der Waals surface area (Å²) in [7, 11) is 1.44. The number of aromatic carboxylic acids is 1. The minimum absolute atomic E-state index is 0.159. The topological polar surface area (TPSA) is 115 Å². The first-order valence-electron chi connectivity index (χ1n) is 10.0. The summed E-state index contributed by atoms with van der Waals surface area (Å²) in [5.74, 6) is -0.707. The zero-order chi connectivity index (χ0) is 24.0. The Morgan fingerprint density at radius 3 is 2.45 bits per heavy atom. The number of carboxylic acids is 1. The van der Waals surface area contributed by atoms with E-state index in [0.29, 0.717) is 33.6 Å². The second-order valence-electron chi connectivity index (χ2n) is 6.60. The monoisotopic (exact) mass is 470 g/mol. The molecule has 1 heterocycles. The molecule has 0 spiro atoms. The lowest BCUT2D eigenvalue weighted by Gasteiger charge is -2.12. The van der Waals surface area contributed by atoms with Crippen molar-refractivity contribution < 1.29 is 33.7 Å². The van der Waals surface area contributed by atoms with Gasteiger partial charge in [-0.15, -0.1) is 0 Å². The number of carboxylic acid groups (broad SMARTS) is 1. The Bertz CT molecular complexity index is 1130. The van der Waals surface area contributed by atoms with Crippen LogP contribution in [0.15, 0.2) is 52.4 Å². The van der Waals surface area contributed by atoms with Crippen LogP contribution in [0.25, 0.3) is 6.08 Å². The number of methoxy groups -OCH3 is 1. The number of amidine groups is 1. The van der Waals surface area contributed by atoms with E-state index in [1.807, 2.05) is 6.92 Å². The maximum Gasteiger partial charge on any atom is 0.513 e. The Morgan fingerprint density at radius 1 is 1.12 bits per heavy atom. The fourth-order valence-electron chi connectivity index (χ4n) is 2.91. The number of aliphatic imine (C=N–C) groups is 1. The van der Waals surface area contributed by atoms with Crippen molar-refractivity contribution in [1.82, 2.24) is 4.90 Å². The standard InChI is InChI=1S/C23H22N2O7S/c1-4-25-20(26)19(33-22(25)24-16-9-7-15(8-10-16)21(27)28)13-14-6-11-17(18(12-14)30-3)32-23(29)31-5-2/h6-13H,4-5H2,1-3H3,(H,27,28)/b19-13+,24-22?. The van der Waals surface area contributed by atoms with Crippen LogP contribution in [0.1, 0.15) is 29.8 Å². The van der Waals surface area contributed by atoms with Crippen molar-refractivity contribution in [3.63, 3.8) is 0 Å². The lowest BCUT2D eigenvalue weighted by molar-refractivity contribution is -0.122. The van der Waals surface area contributed by atoms with Crippen molar-refractivity contribution in [3.05, 3.63) is 58.5 Å². The van der Waals surface area contributed by atoms with E-state index in [1.165, 1.54) is 35.9 Å². The van der Waals surface area contributed by atoms with Crippen LogP contribution in [0.2, 0.25) is 0 Å². The summed E-state index contributed by atoms with van der Waals surface area (Å²) >= 11 is 1.21. The number of ether oxygens (including phenoxy) is 3. The van der Waals surface area contributed by atoms with Gasteiger partial charge >= 0.3 is 12.1 Å². The quantitative estimate of drug-likeness (QED) is 0.356. The van der Waals surface area contributed by atoms with E-state index in [1.54, 1.807) is 43.3 Å². The molecule has 2 aromatic carbocycles. The Morgan fingerprint density at radius 2 is 1.85 bits per heavy atom. The first kappa shape index (κ1) is 23.9. The number of rotatable bonds is 7. The number of nitrogens with zero attached hydrogens (tertiary/aromatic N) is 2. The van der Waals surface area contributed by atoms with E-state index < -0.39 is 12.1 Å². The van der Waals surface area contributed by atoms with Crippen LogP contribution >= 0.6 is 11.8 Å². The van der Waals surface area contributed by atoms with Crippen LogP contribution in [-0.4, -0.2) is 53.5 Å². The van der Waals surface area contributed by atoms with Gasteiger partial charge in [0.2, 0.25) is 0 Å². The molecule has 9 nitrogen and oxygen atoms in total. The highest BCUT2D eigenvalue weighted by Crippen LogP contribution is 2.36. The van der Waals surface area contributed by atoms with Crippen LogP contribution in [0.3, 0.4) is 0 Å². The second kappa shape index (κ2) is 10.7. The van der Waals surface area contributed by atoms with E-state index >= 15 is 0 Å². The predicted molar refractivity (Wildman–Crippen MR) is 124 cm³/mol. The molecule has 0 bridgehead atoms. The molecular formula is C23H22N2O7S. The molecule has 0 unspecified atom stereocenters. The van der Waals surface area contributed by atoms with E-state index in [-0.39, 0.29) is 23.8 Å². The highest BCUT2D eigenvalue weighted by molar-refractivity contribution is 8.18. The van der Waals surface area contributed by atoms with Gasteiger partial charge in [0.05, 0.1) is 29.9 Å². The lowest BCUT2D eigenvalue weighted by atomic mass is 10.2. The van der Waals surface area contributed by atoms with Gasteiger partial charge in [0.1, 0.15) is 0 Å². The number of carbonyl (C=O) groups is 3. The summed E-state index contributed by atoms with van der Waals surface area (Å²) < 4.78 is 15.2. The summed E-state index contributed by atoms with van der Waals surface area (Å²) in [4.78, 5) is 42.0. The highest BCUT2D eigenvalue weighted by Gasteiger charge is 2.32. The smallest absolute Gasteiger partial charge is 0.493 e. The third kappa shape index (κ3) is 5.72. The van der Waals surface area contributed by atoms with E-state index in [9.17, 15) is 14.4 Å². The Hall–Kier alpha value is -3.79. The van der Waals surface area contributed by atoms with Crippen LogP contribution in [-0.2, 0) is 9.53 Å². The van der Waals surface area contributed by atoms with E-state index in [0.717, 1.165) is 0 Å². The van der Waals surface area contributed by atoms with Gasteiger partial charge in [-0.1, -0.05) is 6.07 Å². The molecule has 0 atom stereocenters. The van der Waals surface area contributed by atoms with Crippen molar-refractivity contribution in [2.24, 2.45) is 4.99 Å². The molecule has 0 aliphatic carbocycles. The molecule has 0 radical (unpaired) electrons. The molecule has 1 aliphatic rings. The Balaban J connectivity index is 1.85. The number of hydrogen-bond donors (Lipinski definition) is 1. The Labute approximate surface area is 194 Å². The van der Waals surface area contributed by atoms with Crippen molar-refractivity contribution in [1.29, 1.82) is 0 Å². The van der Waals surface area contributed by atoms with Gasteiger partial charge in [-0.05, 0) is 73.6 Å². The van der Waals surface area contributed by atoms with Gasteiger partial charge in [-0.2, -0.15) is 0 Å². The number of hydrogen-bond acceptors (Lipinski definition) is 8. The van der Waals surface area contributed by atoms with Gasteiger partial charge in [0.25, 0.3) is 5.91 Å². The molecule has 1 aliphatic heterocycles. The van der Waals surface area contributed by atoms with Crippen LogP contribution in [0.4, 0.5) is 10.5 Å². The molecule has 3 rings (SSSR count). The van der Waals surface area contributed by atoms with Crippen molar-refractivity contribution in [2.45, 2.75) is 13.8 Å². The summed E-state index contributed by atoms with van der Waals surface area (Å²) in [6.45, 7) is 4.12. The summed E-state index contributed by atoms with van der Waals surface area (Å²) in [6, 6.07) is 11.0. The van der Waals surface area contributed by atoms with Gasteiger partial charge in [0, 0.05) is 6.54 Å². The van der Waals surface area contributed by atoms with Crippen molar-refractivity contribution in [3.8, 4) is 11.5 Å². The normalized spacial score (nSPS) is 15.7. The number of amides is 1. The van der Waals surface area contributed by atoms with Crippen LogP contribution in [0.5, 0.6) is 11.5 Å². The minimum atomic E-state index is -1.02. The summed E-state index contributed by atoms with van der Waals surface area (Å²) in [6.07, 6.45) is 0.863. The molecule has 1 N–H and O–H groups in total. The molecule has 33 heavy (non-hydrogen) atoms.